The highest BCUT2D eigenvalue weighted by atomic mass is 79.9. The van der Waals surface area contributed by atoms with Crippen molar-refractivity contribution in [2.24, 2.45) is 0 Å². The van der Waals surface area contributed by atoms with Gasteiger partial charge < -0.3 is 20.0 Å². The molecule has 2 aromatic carbocycles. The summed E-state index contributed by atoms with van der Waals surface area (Å²) in [4.78, 5) is 1.18. The summed E-state index contributed by atoms with van der Waals surface area (Å²) in [7, 11) is 0. The Balaban J connectivity index is 1.59. The van der Waals surface area contributed by atoms with Gasteiger partial charge in [0, 0.05) is 11.1 Å². The van der Waals surface area contributed by atoms with E-state index in [0.717, 1.165) is 22.6 Å². The van der Waals surface area contributed by atoms with Crippen LogP contribution in [0.4, 0.5) is 0 Å². The summed E-state index contributed by atoms with van der Waals surface area (Å²) in [6.07, 6.45) is 1.85. The molecule has 29 heavy (non-hydrogen) atoms. The van der Waals surface area contributed by atoms with Gasteiger partial charge in [0.05, 0.1) is 27.7 Å². The number of phenolic OH excluding ortho intramolecular Hbond substituents is 1. The topological polar surface area (TPSA) is 54.0 Å². The number of ether oxygens (including phenoxy) is 2. The third-order valence-corrected chi connectivity index (χ3v) is 6.53. The van der Waals surface area contributed by atoms with Gasteiger partial charge >= 0.3 is 0 Å². The van der Waals surface area contributed by atoms with Crippen molar-refractivity contribution in [3.63, 3.8) is 0 Å². The van der Waals surface area contributed by atoms with E-state index in [0.29, 0.717) is 16.8 Å². The number of hydrogen-bond donors (Lipinski definition) is 2. The monoisotopic (exact) mass is 470 g/mol. The van der Waals surface area contributed by atoms with Crippen LogP contribution in [0.25, 0.3) is 5.70 Å². The summed E-state index contributed by atoms with van der Waals surface area (Å²) in [6.45, 7) is 2.36. The normalized spacial score (nSPS) is 20.3. The molecule has 0 fully saturated rings. The molecule has 5 rings (SSSR count). The number of para-hydroxylation sites is 1. The predicted molar refractivity (Wildman–Crippen MR) is 117 cm³/mol. The molecule has 0 saturated carbocycles. The average molecular weight is 471 g/mol. The molecule has 2 aliphatic heterocycles. The lowest BCUT2D eigenvalue weighted by Crippen LogP contribution is -2.43. The van der Waals surface area contributed by atoms with Gasteiger partial charge in [-0.1, -0.05) is 24.3 Å². The van der Waals surface area contributed by atoms with Gasteiger partial charge in [-0.2, -0.15) is 5.01 Å². The molecule has 0 amide bonds. The summed E-state index contributed by atoms with van der Waals surface area (Å²) in [5, 5.41) is 14.5. The van der Waals surface area contributed by atoms with E-state index in [1.54, 1.807) is 11.3 Å². The van der Waals surface area contributed by atoms with Gasteiger partial charge in [-0.3, -0.25) is 0 Å². The smallest absolute Gasteiger partial charge is 0.196 e. The number of thiophene rings is 1. The van der Waals surface area contributed by atoms with E-state index in [-0.39, 0.29) is 18.0 Å². The second-order valence-corrected chi connectivity index (χ2v) is 8.61. The molecule has 0 radical (unpaired) electrons. The minimum Gasteiger partial charge on any atom is -0.503 e. The molecule has 2 N–H and O–H groups in total. The fraction of sp³-hybridized carbons (Fsp3) is 0.182. The Bertz CT molecular complexity index is 1080. The van der Waals surface area contributed by atoms with Crippen molar-refractivity contribution >= 4 is 33.0 Å². The molecule has 2 aliphatic rings. The van der Waals surface area contributed by atoms with Crippen molar-refractivity contribution in [3.8, 4) is 17.2 Å². The maximum atomic E-state index is 10.3. The average Bonchev–Trinajstić information content (AvgIpc) is 3.40. The number of rotatable bonds is 4. The minimum atomic E-state index is -0.389. The van der Waals surface area contributed by atoms with Gasteiger partial charge in [-0.15, -0.1) is 11.3 Å². The number of hydrogen-bond acceptors (Lipinski definition) is 6. The second kappa shape index (κ2) is 7.40. The molecule has 5 nitrogen and oxygen atoms in total. The van der Waals surface area contributed by atoms with Crippen LogP contribution in [0, 0.1) is 0 Å². The van der Waals surface area contributed by atoms with Crippen LogP contribution >= 0.6 is 27.3 Å². The summed E-state index contributed by atoms with van der Waals surface area (Å²) < 4.78 is 12.6. The summed E-state index contributed by atoms with van der Waals surface area (Å²) in [5.41, 5.74) is 6.60. The standard InChI is InChI=1S/C22H19BrN2O3S/c1-2-27-19-11-13(10-15(23)21(19)26)22-25-17(14-6-3-4-7-18(14)28-22)12-16(24-25)20-8-5-9-29-20/h3-12,17,22,24,26H,2H2,1H3. The van der Waals surface area contributed by atoms with Crippen molar-refractivity contribution < 1.29 is 14.6 Å². The Kier molecular flexibility index (Phi) is 4.73. The largest absolute Gasteiger partial charge is 0.503 e. The Morgan fingerprint density at radius 3 is 2.90 bits per heavy atom. The molecule has 0 aliphatic carbocycles. The van der Waals surface area contributed by atoms with E-state index in [9.17, 15) is 5.11 Å². The van der Waals surface area contributed by atoms with Crippen molar-refractivity contribution in [2.45, 2.75) is 19.2 Å². The minimum absolute atomic E-state index is 0.0326. The number of phenols is 1. The molecule has 3 aromatic rings. The van der Waals surface area contributed by atoms with E-state index in [1.807, 2.05) is 43.3 Å². The maximum Gasteiger partial charge on any atom is 0.196 e. The zero-order valence-electron chi connectivity index (χ0n) is 15.6. The Hall–Kier alpha value is -2.48. The molecular formula is C22H19BrN2O3S. The van der Waals surface area contributed by atoms with E-state index in [2.05, 4.69) is 50.0 Å². The lowest BCUT2D eigenvalue weighted by atomic mass is 10.0. The molecule has 0 bridgehead atoms. The van der Waals surface area contributed by atoms with Gasteiger partial charge in [0.15, 0.2) is 17.7 Å². The molecular weight excluding hydrogens is 452 g/mol. The third kappa shape index (κ3) is 3.19. The van der Waals surface area contributed by atoms with Crippen LogP contribution in [0.2, 0.25) is 0 Å². The molecule has 148 valence electrons. The van der Waals surface area contributed by atoms with Crippen LogP contribution in [0.1, 0.15) is 35.2 Å². The maximum absolute atomic E-state index is 10.3. The summed E-state index contributed by atoms with van der Waals surface area (Å²) in [6, 6.07) is 16.0. The van der Waals surface area contributed by atoms with Crippen LogP contribution in [0.15, 0.2) is 64.5 Å². The van der Waals surface area contributed by atoms with Crippen molar-refractivity contribution in [3.05, 3.63) is 80.5 Å². The zero-order valence-corrected chi connectivity index (χ0v) is 18.0. The first-order valence-electron chi connectivity index (χ1n) is 9.37. The Morgan fingerprint density at radius 1 is 1.24 bits per heavy atom. The van der Waals surface area contributed by atoms with Crippen molar-refractivity contribution in [1.82, 2.24) is 10.4 Å². The molecule has 2 unspecified atom stereocenters. The van der Waals surface area contributed by atoms with Gasteiger partial charge in [-0.05, 0) is 58.6 Å². The highest BCUT2D eigenvalue weighted by Crippen LogP contribution is 2.48. The summed E-state index contributed by atoms with van der Waals surface area (Å²) in [5.74, 6) is 1.38. The number of aromatic hydroxyl groups is 1. The van der Waals surface area contributed by atoms with Crippen LogP contribution in [-0.2, 0) is 0 Å². The fourth-order valence-electron chi connectivity index (χ4n) is 3.74. The number of halogens is 1. The molecule has 3 heterocycles. The fourth-order valence-corrected chi connectivity index (χ4v) is 4.90. The summed E-state index contributed by atoms with van der Waals surface area (Å²) >= 11 is 5.14. The molecule has 7 heteroatoms. The molecule has 0 spiro atoms. The first-order valence-corrected chi connectivity index (χ1v) is 11.0. The van der Waals surface area contributed by atoms with E-state index in [4.69, 9.17) is 9.47 Å². The molecule has 2 atom stereocenters. The van der Waals surface area contributed by atoms with Crippen LogP contribution in [0.3, 0.4) is 0 Å². The Labute approximate surface area is 181 Å². The van der Waals surface area contributed by atoms with Crippen molar-refractivity contribution in [2.75, 3.05) is 6.61 Å². The van der Waals surface area contributed by atoms with E-state index < -0.39 is 0 Å². The predicted octanol–water partition coefficient (Wildman–Crippen LogP) is 5.61. The first kappa shape index (κ1) is 18.5. The van der Waals surface area contributed by atoms with Crippen LogP contribution in [0.5, 0.6) is 17.2 Å². The van der Waals surface area contributed by atoms with Crippen molar-refractivity contribution in [1.29, 1.82) is 0 Å². The van der Waals surface area contributed by atoms with Crippen LogP contribution < -0.4 is 14.9 Å². The number of hydrazine groups is 1. The first-order chi connectivity index (χ1) is 14.2. The molecule has 1 aromatic heterocycles. The highest BCUT2D eigenvalue weighted by molar-refractivity contribution is 9.10. The van der Waals surface area contributed by atoms with E-state index >= 15 is 0 Å². The van der Waals surface area contributed by atoms with Gasteiger partial charge in [0.25, 0.3) is 0 Å². The zero-order chi connectivity index (χ0) is 20.0. The number of fused-ring (bicyclic) bond motifs is 3. The van der Waals surface area contributed by atoms with Gasteiger partial charge in [-0.25, -0.2) is 0 Å². The SMILES string of the molecule is CCOc1cc(C2Oc3ccccc3C3C=C(c4cccs4)NN32)cc(Br)c1O. The van der Waals surface area contributed by atoms with Crippen LogP contribution in [-0.4, -0.2) is 16.7 Å². The second-order valence-electron chi connectivity index (χ2n) is 6.81. The number of benzene rings is 2. The van der Waals surface area contributed by atoms with Gasteiger partial charge in [0.1, 0.15) is 5.75 Å². The lowest BCUT2D eigenvalue weighted by molar-refractivity contribution is -0.0327. The van der Waals surface area contributed by atoms with E-state index in [1.165, 1.54) is 4.88 Å². The third-order valence-electron chi connectivity index (χ3n) is 5.03. The lowest BCUT2D eigenvalue weighted by Gasteiger charge is -2.39. The van der Waals surface area contributed by atoms with Gasteiger partial charge in [0.2, 0.25) is 0 Å². The Morgan fingerprint density at radius 2 is 2.10 bits per heavy atom. The molecule has 0 saturated heterocycles. The number of nitrogens with one attached hydrogen (secondary N) is 1. The highest BCUT2D eigenvalue weighted by Gasteiger charge is 2.40. The number of nitrogens with zero attached hydrogens (tertiary/aromatic N) is 1. The quantitative estimate of drug-likeness (QED) is 0.518.